The topological polar surface area (TPSA) is 95.5 Å². The number of carbonyl (C=O) groups excluding carboxylic acids is 1. The molecule has 0 fully saturated rings. The van der Waals surface area contributed by atoms with Crippen LogP contribution in [0.2, 0.25) is 0 Å². The number of nitro groups is 1. The zero-order chi connectivity index (χ0) is 15.3. The Morgan fingerprint density at radius 1 is 1.45 bits per heavy atom. The molecule has 1 atom stereocenters. The van der Waals surface area contributed by atoms with Gasteiger partial charge >= 0.3 is 5.97 Å². The summed E-state index contributed by atoms with van der Waals surface area (Å²) in [7, 11) is 0. The van der Waals surface area contributed by atoms with Crippen LogP contribution in [0, 0.1) is 10.1 Å². The fraction of sp³-hybridized carbons (Fsp3) is 0.500. The Bertz CT molecular complexity index is 494. The van der Waals surface area contributed by atoms with Gasteiger partial charge in [-0.3, -0.25) is 14.9 Å². The first-order valence-electron chi connectivity index (χ1n) is 6.39. The van der Waals surface area contributed by atoms with E-state index in [1.54, 1.807) is 32.9 Å². The second kappa shape index (κ2) is 6.47. The van der Waals surface area contributed by atoms with Gasteiger partial charge < -0.3 is 10.5 Å². The molecular weight excluding hydrogens is 260 g/mol. The van der Waals surface area contributed by atoms with Crippen LogP contribution < -0.4 is 5.73 Å². The van der Waals surface area contributed by atoms with E-state index in [-0.39, 0.29) is 30.5 Å². The van der Waals surface area contributed by atoms with Crippen LogP contribution in [0.25, 0.3) is 0 Å². The lowest BCUT2D eigenvalue weighted by atomic mass is 9.95. The highest BCUT2D eigenvalue weighted by Gasteiger charge is 2.21. The molecule has 2 N–H and O–H groups in total. The van der Waals surface area contributed by atoms with Gasteiger partial charge in [-0.1, -0.05) is 12.1 Å². The lowest BCUT2D eigenvalue weighted by Crippen LogP contribution is -2.26. The van der Waals surface area contributed by atoms with Crippen LogP contribution in [0.5, 0.6) is 0 Å². The summed E-state index contributed by atoms with van der Waals surface area (Å²) in [6.07, 6.45) is 0.106. The van der Waals surface area contributed by atoms with Gasteiger partial charge in [0.2, 0.25) is 0 Å². The summed E-state index contributed by atoms with van der Waals surface area (Å²) in [6.45, 7) is 5.58. The molecule has 1 aromatic rings. The molecule has 0 aliphatic heterocycles. The molecule has 6 heteroatoms. The summed E-state index contributed by atoms with van der Waals surface area (Å²) in [5, 5.41) is 10.8. The smallest absolute Gasteiger partial charge is 0.306 e. The minimum Gasteiger partial charge on any atom is -0.460 e. The second-order valence-corrected chi connectivity index (χ2v) is 5.58. The van der Waals surface area contributed by atoms with Gasteiger partial charge in [0.05, 0.1) is 11.3 Å². The van der Waals surface area contributed by atoms with Crippen molar-refractivity contribution in [1.29, 1.82) is 0 Å². The van der Waals surface area contributed by atoms with Crippen molar-refractivity contribution >= 4 is 11.7 Å². The molecule has 0 spiro atoms. The number of nitro benzene ring substituents is 1. The average molecular weight is 280 g/mol. The number of benzene rings is 1. The number of rotatable bonds is 5. The van der Waals surface area contributed by atoms with Crippen molar-refractivity contribution in [2.45, 2.75) is 38.7 Å². The molecule has 0 saturated carbocycles. The lowest BCUT2D eigenvalue weighted by Gasteiger charge is -2.21. The molecule has 0 amide bonds. The zero-order valence-electron chi connectivity index (χ0n) is 12.0. The quantitative estimate of drug-likeness (QED) is 0.507. The van der Waals surface area contributed by atoms with Crippen molar-refractivity contribution in [3.63, 3.8) is 0 Å². The van der Waals surface area contributed by atoms with Crippen LogP contribution in [0.1, 0.15) is 38.7 Å². The number of carbonyl (C=O) groups is 1. The highest BCUT2D eigenvalue weighted by atomic mass is 16.6. The molecule has 0 radical (unpaired) electrons. The standard InChI is InChI=1S/C14H20N2O4/c1-14(2,3)20-13(17)8-11(9-15)10-5-4-6-12(7-10)16(18)19/h4-7,11H,8-9,15H2,1-3H3. The first-order valence-corrected chi connectivity index (χ1v) is 6.39. The Labute approximate surface area is 118 Å². The highest BCUT2D eigenvalue weighted by Crippen LogP contribution is 2.24. The number of nitrogens with zero attached hydrogens (tertiary/aromatic N) is 1. The Morgan fingerprint density at radius 3 is 2.60 bits per heavy atom. The lowest BCUT2D eigenvalue weighted by molar-refractivity contribution is -0.384. The van der Waals surface area contributed by atoms with Gasteiger partial charge in [0, 0.05) is 18.1 Å². The van der Waals surface area contributed by atoms with E-state index < -0.39 is 10.5 Å². The third-order valence-electron chi connectivity index (χ3n) is 2.67. The average Bonchev–Trinajstić information content (AvgIpc) is 2.34. The zero-order valence-corrected chi connectivity index (χ0v) is 12.0. The fourth-order valence-electron chi connectivity index (χ4n) is 1.81. The maximum absolute atomic E-state index is 11.8. The van der Waals surface area contributed by atoms with Crippen molar-refractivity contribution < 1.29 is 14.5 Å². The monoisotopic (exact) mass is 280 g/mol. The van der Waals surface area contributed by atoms with E-state index in [0.29, 0.717) is 5.56 Å². The van der Waals surface area contributed by atoms with Crippen LogP contribution in [0.4, 0.5) is 5.69 Å². The Kier molecular flexibility index (Phi) is 5.21. The molecule has 0 aliphatic rings. The number of ether oxygens (including phenoxy) is 1. The third-order valence-corrected chi connectivity index (χ3v) is 2.67. The minimum atomic E-state index is -0.557. The van der Waals surface area contributed by atoms with Crippen LogP contribution in [-0.2, 0) is 9.53 Å². The van der Waals surface area contributed by atoms with Gasteiger partial charge in [-0.2, -0.15) is 0 Å². The summed E-state index contributed by atoms with van der Waals surface area (Å²) in [5.41, 5.74) is 5.77. The molecule has 6 nitrogen and oxygen atoms in total. The number of nitrogens with two attached hydrogens (primary N) is 1. The summed E-state index contributed by atoms with van der Waals surface area (Å²) in [6, 6.07) is 6.17. The van der Waals surface area contributed by atoms with Gasteiger partial charge in [0.25, 0.3) is 5.69 Å². The van der Waals surface area contributed by atoms with E-state index in [0.717, 1.165) is 0 Å². The molecule has 0 aliphatic carbocycles. The highest BCUT2D eigenvalue weighted by molar-refractivity contribution is 5.71. The largest absolute Gasteiger partial charge is 0.460 e. The van der Waals surface area contributed by atoms with Gasteiger partial charge in [0.1, 0.15) is 5.60 Å². The van der Waals surface area contributed by atoms with E-state index >= 15 is 0 Å². The van der Waals surface area contributed by atoms with E-state index in [2.05, 4.69) is 0 Å². The maximum atomic E-state index is 11.8. The van der Waals surface area contributed by atoms with Crippen LogP contribution in [0.3, 0.4) is 0 Å². The summed E-state index contributed by atoms with van der Waals surface area (Å²) < 4.78 is 5.24. The summed E-state index contributed by atoms with van der Waals surface area (Å²) in [4.78, 5) is 22.1. The number of hydrogen-bond acceptors (Lipinski definition) is 5. The predicted octanol–water partition coefficient (Wildman–Crippen LogP) is 2.37. The number of hydrogen-bond donors (Lipinski definition) is 1. The molecule has 0 aromatic heterocycles. The van der Waals surface area contributed by atoms with E-state index in [1.807, 2.05) is 0 Å². The molecule has 0 heterocycles. The molecule has 0 bridgehead atoms. The molecular formula is C14H20N2O4. The van der Waals surface area contributed by atoms with E-state index in [9.17, 15) is 14.9 Å². The van der Waals surface area contributed by atoms with Gasteiger partial charge in [0.15, 0.2) is 0 Å². The molecule has 1 aromatic carbocycles. The summed E-state index contributed by atoms with van der Waals surface area (Å²) >= 11 is 0. The molecule has 110 valence electrons. The predicted molar refractivity (Wildman–Crippen MR) is 75.4 cm³/mol. The van der Waals surface area contributed by atoms with Crippen LogP contribution in [0.15, 0.2) is 24.3 Å². The molecule has 20 heavy (non-hydrogen) atoms. The minimum absolute atomic E-state index is 0.00913. The van der Waals surface area contributed by atoms with Gasteiger partial charge in [-0.05, 0) is 32.9 Å². The van der Waals surface area contributed by atoms with Gasteiger partial charge in [-0.15, -0.1) is 0 Å². The van der Waals surface area contributed by atoms with E-state index in [4.69, 9.17) is 10.5 Å². The maximum Gasteiger partial charge on any atom is 0.306 e. The number of esters is 1. The molecule has 1 rings (SSSR count). The molecule has 0 saturated heterocycles. The van der Waals surface area contributed by atoms with Crippen molar-refractivity contribution in [3.8, 4) is 0 Å². The normalized spacial score (nSPS) is 12.8. The van der Waals surface area contributed by atoms with E-state index in [1.165, 1.54) is 12.1 Å². The fourth-order valence-corrected chi connectivity index (χ4v) is 1.81. The number of non-ortho nitro benzene ring substituents is 1. The summed E-state index contributed by atoms with van der Waals surface area (Å²) in [5.74, 6) is -0.649. The first-order chi connectivity index (χ1) is 9.23. The van der Waals surface area contributed by atoms with Crippen LogP contribution in [-0.4, -0.2) is 23.0 Å². The molecule has 1 unspecified atom stereocenters. The third kappa shape index (κ3) is 4.97. The van der Waals surface area contributed by atoms with Crippen molar-refractivity contribution in [2.75, 3.05) is 6.54 Å². The first kappa shape index (κ1) is 16.1. The van der Waals surface area contributed by atoms with Crippen molar-refractivity contribution in [3.05, 3.63) is 39.9 Å². The Balaban J connectivity index is 2.83. The van der Waals surface area contributed by atoms with Crippen molar-refractivity contribution in [2.24, 2.45) is 5.73 Å². The Hall–Kier alpha value is -1.95. The van der Waals surface area contributed by atoms with Gasteiger partial charge in [-0.25, -0.2) is 0 Å². The van der Waals surface area contributed by atoms with Crippen molar-refractivity contribution in [1.82, 2.24) is 0 Å². The van der Waals surface area contributed by atoms with Crippen LogP contribution >= 0.6 is 0 Å². The Morgan fingerprint density at radius 2 is 2.10 bits per heavy atom. The second-order valence-electron chi connectivity index (χ2n) is 5.58. The SMILES string of the molecule is CC(C)(C)OC(=O)CC(CN)c1cccc([N+](=O)[O-])c1.